The molecule has 180 valence electrons. The number of thiol groups is 1. The van der Waals surface area contributed by atoms with Crippen LogP contribution in [0.4, 0.5) is 17.1 Å². The molecule has 0 saturated carbocycles. The first-order valence-electron chi connectivity index (χ1n) is 9.52. The molecule has 0 fully saturated rings. The number of hydrogen-bond acceptors (Lipinski definition) is 9. The molecule has 3 aromatic carbocycles. The molecule has 11 nitrogen and oxygen atoms in total. The molecule has 0 saturated heterocycles. The Labute approximate surface area is 207 Å². The van der Waals surface area contributed by atoms with Crippen LogP contribution in [0.5, 0.6) is 5.75 Å². The van der Waals surface area contributed by atoms with Crippen molar-refractivity contribution in [2.75, 3.05) is 4.31 Å². The van der Waals surface area contributed by atoms with Crippen LogP contribution in [0.1, 0.15) is 0 Å². The van der Waals surface area contributed by atoms with Gasteiger partial charge in [-0.3, -0.25) is 10.1 Å². The SMILES string of the molecule is O=c1oc2c(OS(=O)(=O)c3cccc(Br)c3)cccc2cc1N(c1cccc([N+](=O)[O-])c1)[SH](=O)=O. The molecule has 0 N–H and O–H groups in total. The van der Waals surface area contributed by atoms with Gasteiger partial charge >= 0.3 is 15.7 Å². The molecular weight excluding hydrogens is 568 g/mol. The van der Waals surface area contributed by atoms with Crippen molar-refractivity contribution in [3.63, 3.8) is 0 Å². The first-order valence-corrected chi connectivity index (χ1v) is 12.9. The fourth-order valence-electron chi connectivity index (χ4n) is 3.17. The van der Waals surface area contributed by atoms with Crippen molar-refractivity contribution in [3.05, 3.63) is 97.8 Å². The van der Waals surface area contributed by atoms with Gasteiger partial charge in [-0.05, 0) is 36.4 Å². The Hall–Kier alpha value is -3.75. The van der Waals surface area contributed by atoms with Gasteiger partial charge in [0.1, 0.15) is 10.6 Å². The first kappa shape index (κ1) is 24.4. The van der Waals surface area contributed by atoms with E-state index in [1.165, 1.54) is 48.5 Å². The minimum Gasteiger partial charge on any atom is -0.417 e. The standard InChI is InChI=1S/C21H13BrN2O9S2/c22-14-5-2-8-17(11-14)35(30,31)33-19-9-1-4-13-10-18(21(25)32-20(13)19)23(34(28)29)15-6-3-7-16(12-15)24(26)27/h1-12,34H. The van der Waals surface area contributed by atoms with Crippen LogP contribution in [-0.2, 0) is 21.0 Å². The van der Waals surface area contributed by atoms with E-state index in [-0.39, 0.29) is 33.0 Å². The number of rotatable bonds is 7. The van der Waals surface area contributed by atoms with E-state index in [0.717, 1.165) is 18.2 Å². The van der Waals surface area contributed by atoms with Crippen LogP contribution in [-0.4, -0.2) is 21.8 Å². The molecular formula is C21H13BrN2O9S2. The summed E-state index contributed by atoms with van der Waals surface area (Å²) in [5, 5.41) is 11.2. The lowest BCUT2D eigenvalue weighted by Gasteiger charge is -2.17. The lowest BCUT2D eigenvalue weighted by molar-refractivity contribution is -0.384. The van der Waals surface area contributed by atoms with E-state index in [1.54, 1.807) is 6.07 Å². The minimum atomic E-state index is -4.30. The molecule has 4 rings (SSSR count). The molecule has 0 amide bonds. The van der Waals surface area contributed by atoms with Gasteiger partial charge in [0.25, 0.3) is 5.69 Å². The van der Waals surface area contributed by atoms with Crippen molar-refractivity contribution in [2.45, 2.75) is 4.90 Å². The highest BCUT2D eigenvalue weighted by Crippen LogP contribution is 2.32. The highest BCUT2D eigenvalue weighted by molar-refractivity contribution is 9.10. The Bertz CT molecular complexity index is 1710. The number of anilines is 2. The average Bonchev–Trinajstić information content (AvgIpc) is 2.80. The summed E-state index contributed by atoms with van der Waals surface area (Å²) in [5.74, 6) is -0.292. The number of non-ortho nitro benzene ring substituents is 1. The van der Waals surface area contributed by atoms with Crippen molar-refractivity contribution in [2.24, 2.45) is 0 Å². The van der Waals surface area contributed by atoms with Crippen molar-refractivity contribution >= 4 is 65.0 Å². The number of benzene rings is 3. The van der Waals surface area contributed by atoms with Crippen LogP contribution in [0.2, 0.25) is 0 Å². The van der Waals surface area contributed by atoms with E-state index in [2.05, 4.69) is 15.9 Å². The van der Waals surface area contributed by atoms with E-state index in [0.29, 0.717) is 8.78 Å². The minimum absolute atomic E-state index is 0.147. The second-order valence-corrected chi connectivity index (χ2v) is 10.3. The molecule has 35 heavy (non-hydrogen) atoms. The highest BCUT2D eigenvalue weighted by atomic mass is 79.9. The Morgan fingerprint density at radius 3 is 2.40 bits per heavy atom. The van der Waals surface area contributed by atoms with Crippen molar-refractivity contribution < 1.29 is 30.4 Å². The van der Waals surface area contributed by atoms with Gasteiger partial charge in [0, 0.05) is 22.0 Å². The van der Waals surface area contributed by atoms with Gasteiger partial charge in [0.15, 0.2) is 11.3 Å². The summed E-state index contributed by atoms with van der Waals surface area (Å²) in [6.45, 7) is 0. The number of hydrogen-bond donors (Lipinski definition) is 1. The molecule has 14 heteroatoms. The zero-order valence-electron chi connectivity index (χ0n) is 17.2. The smallest absolute Gasteiger partial charge is 0.361 e. The largest absolute Gasteiger partial charge is 0.417 e. The Morgan fingerprint density at radius 2 is 1.71 bits per heavy atom. The summed E-state index contributed by atoms with van der Waals surface area (Å²) >= 11 is 3.18. The molecule has 0 aliphatic rings. The number of para-hydroxylation sites is 1. The number of nitro groups is 1. The maximum absolute atomic E-state index is 12.8. The summed E-state index contributed by atoms with van der Waals surface area (Å²) < 4.78 is 61.0. The summed E-state index contributed by atoms with van der Waals surface area (Å²) in [6, 6.07) is 15.8. The molecule has 1 aromatic heterocycles. The third kappa shape index (κ3) is 5.03. The van der Waals surface area contributed by atoms with Gasteiger partial charge in [-0.25, -0.2) is 17.5 Å². The quantitative estimate of drug-likeness (QED) is 0.113. The van der Waals surface area contributed by atoms with Crippen molar-refractivity contribution in [1.82, 2.24) is 0 Å². The average molecular weight is 581 g/mol. The van der Waals surface area contributed by atoms with Gasteiger partial charge in [-0.15, -0.1) is 0 Å². The van der Waals surface area contributed by atoms with E-state index in [1.807, 2.05) is 0 Å². The summed E-state index contributed by atoms with van der Waals surface area (Å²) in [6.07, 6.45) is 0. The predicted molar refractivity (Wildman–Crippen MR) is 130 cm³/mol. The molecule has 0 aliphatic carbocycles. The molecule has 0 atom stereocenters. The maximum Gasteiger partial charge on any atom is 0.361 e. The summed E-state index contributed by atoms with van der Waals surface area (Å²) in [7, 11) is -7.76. The maximum atomic E-state index is 12.8. The van der Waals surface area contributed by atoms with E-state index >= 15 is 0 Å². The first-order chi connectivity index (χ1) is 16.6. The number of nitro benzene ring substituents is 1. The number of halogens is 1. The Morgan fingerprint density at radius 1 is 1.00 bits per heavy atom. The van der Waals surface area contributed by atoms with Crippen LogP contribution >= 0.6 is 15.9 Å². The number of fused-ring (bicyclic) bond motifs is 1. The number of nitrogens with zero attached hydrogens (tertiary/aromatic N) is 2. The second kappa shape index (κ2) is 9.48. The van der Waals surface area contributed by atoms with Crippen LogP contribution in [0.3, 0.4) is 0 Å². The second-order valence-electron chi connectivity index (χ2n) is 6.92. The normalized spacial score (nSPS) is 11.5. The van der Waals surface area contributed by atoms with Gasteiger partial charge in [0.2, 0.25) is 10.9 Å². The predicted octanol–water partition coefficient (Wildman–Crippen LogP) is 3.90. The molecule has 0 unspecified atom stereocenters. The lowest BCUT2D eigenvalue weighted by Crippen LogP contribution is -2.21. The zero-order chi connectivity index (χ0) is 25.3. The fourth-order valence-corrected chi connectivity index (χ4v) is 5.33. The highest BCUT2D eigenvalue weighted by Gasteiger charge is 2.23. The molecule has 0 bridgehead atoms. The summed E-state index contributed by atoms with van der Waals surface area (Å²) in [5.41, 5.74) is -2.38. The zero-order valence-corrected chi connectivity index (χ0v) is 20.5. The Balaban J connectivity index is 1.82. The topological polar surface area (TPSA) is 154 Å². The molecule has 0 radical (unpaired) electrons. The third-order valence-electron chi connectivity index (χ3n) is 4.67. The Kier molecular flexibility index (Phi) is 6.60. The van der Waals surface area contributed by atoms with Gasteiger partial charge in [0.05, 0.1) is 10.6 Å². The molecule has 0 aliphatic heterocycles. The monoisotopic (exact) mass is 580 g/mol. The van der Waals surface area contributed by atoms with Gasteiger partial charge in [-0.2, -0.15) is 8.42 Å². The third-order valence-corrected chi connectivity index (χ3v) is 7.16. The van der Waals surface area contributed by atoms with Crippen molar-refractivity contribution in [1.29, 1.82) is 0 Å². The van der Waals surface area contributed by atoms with Crippen LogP contribution < -0.4 is 14.1 Å². The van der Waals surface area contributed by atoms with Crippen LogP contribution in [0.25, 0.3) is 11.0 Å². The molecule has 4 aromatic rings. The molecule has 1 heterocycles. The molecule has 0 spiro atoms. The van der Waals surface area contributed by atoms with Crippen molar-refractivity contribution in [3.8, 4) is 5.75 Å². The van der Waals surface area contributed by atoms with E-state index in [4.69, 9.17) is 8.60 Å². The van der Waals surface area contributed by atoms with Crippen LogP contribution in [0.15, 0.2) is 91.4 Å². The lowest BCUT2D eigenvalue weighted by atomic mass is 10.2. The van der Waals surface area contributed by atoms with E-state index in [9.17, 15) is 31.7 Å². The summed E-state index contributed by atoms with van der Waals surface area (Å²) in [4.78, 5) is 23.0. The van der Waals surface area contributed by atoms with Gasteiger partial charge in [-0.1, -0.05) is 40.2 Å². The van der Waals surface area contributed by atoms with E-state index < -0.39 is 37.2 Å². The van der Waals surface area contributed by atoms with Crippen LogP contribution in [0, 0.1) is 10.1 Å². The van der Waals surface area contributed by atoms with Gasteiger partial charge < -0.3 is 8.60 Å². The fraction of sp³-hybridized carbons (Fsp3) is 0.